The molecule has 0 saturated heterocycles. The maximum atomic E-state index is 12.0. The van der Waals surface area contributed by atoms with Crippen LogP contribution < -0.4 is 16.4 Å². The van der Waals surface area contributed by atoms with Gasteiger partial charge in [-0.25, -0.2) is 9.59 Å². The van der Waals surface area contributed by atoms with Crippen molar-refractivity contribution in [2.24, 2.45) is 0 Å². The van der Waals surface area contributed by atoms with Crippen molar-refractivity contribution in [3.8, 4) is 0 Å². The fourth-order valence-corrected chi connectivity index (χ4v) is 2.05. The summed E-state index contributed by atoms with van der Waals surface area (Å²) in [5, 5.41) is 12.8. The summed E-state index contributed by atoms with van der Waals surface area (Å²) < 4.78 is 9.64. The molecule has 3 aromatic rings. The number of carbonyl (C=O) groups is 2. The molecule has 0 aliphatic heterocycles. The number of nitrogens with zero attached hydrogens (tertiary/aromatic N) is 3. The number of aromatic amines is 1. The number of oxazole rings is 1. The molecule has 0 atom stereocenters. The van der Waals surface area contributed by atoms with Crippen molar-refractivity contribution < 1.29 is 18.7 Å². The highest BCUT2D eigenvalue weighted by Gasteiger charge is 2.10. The van der Waals surface area contributed by atoms with E-state index >= 15 is 0 Å². The minimum absolute atomic E-state index is 0.167. The Morgan fingerprint density at radius 2 is 2.20 bits per heavy atom. The van der Waals surface area contributed by atoms with E-state index in [-0.39, 0.29) is 19.0 Å². The molecule has 2 heterocycles. The molecule has 25 heavy (non-hydrogen) atoms. The van der Waals surface area contributed by atoms with Crippen molar-refractivity contribution in [3.63, 3.8) is 0 Å². The third-order valence-corrected chi connectivity index (χ3v) is 3.03. The van der Waals surface area contributed by atoms with Gasteiger partial charge in [0.05, 0.1) is 18.3 Å². The Kier molecular flexibility index (Phi) is 4.46. The minimum atomic E-state index is -0.653. The maximum absolute atomic E-state index is 12.0. The SMILES string of the molecule is CCOC(=O)Nc1cnn(CC(=O)Nc2ccc3[nH]c(=O)oc3c2)n1. The second-order valence-electron chi connectivity index (χ2n) is 4.88. The van der Waals surface area contributed by atoms with Gasteiger partial charge in [0.25, 0.3) is 0 Å². The van der Waals surface area contributed by atoms with Crippen LogP contribution in [-0.2, 0) is 16.1 Å². The van der Waals surface area contributed by atoms with Gasteiger partial charge in [-0.1, -0.05) is 0 Å². The van der Waals surface area contributed by atoms with Gasteiger partial charge in [0.1, 0.15) is 6.54 Å². The molecule has 0 saturated carbocycles. The standard InChI is InChI=1S/C14H14N6O5/c1-2-24-13(22)18-11-6-15-20(19-11)7-12(21)16-8-3-4-9-10(5-8)25-14(23)17-9/h3-6H,2,7H2,1H3,(H,16,21)(H,17,23)(H,18,19,22). The van der Waals surface area contributed by atoms with Crippen LogP contribution in [0.15, 0.2) is 33.6 Å². The zero-order chi connectivity index (χ0) is 17.8. The van der Waals surface area contributed by atoms with Crippen molar-refractivity contribution >= 4 is 34.6 Å². The lowest BCUT2D eigenvalue weighted by Gasteiger charge is -2.04. The molecule has 0 aliphatic rings. The quantitative estimate of drug-likeness (QED) is 0.623. The highest BCUT2D eigenvalue weighted by atomic mass is 16.5. The number of aromatic nitrogens is 4. The number of rotatable bonds is 5. The van der Waals surface area contributed by atoms with Crippen LogP contribution in [0.2, 0.25) is 0 Å². The number of amides is 2. The van der Waals surface area contributed by atoms with Gasteiger partial charge in [-0.3, -0.25) is 15.1 Å². The molecule has 2 amide bonds. The van der Waals surface area contributed by atoms with E-state index in [1.54, 1.807) is 19.1 Å². The van der Waals surface area contributed by atoms with Crippen LogP contribution in [0.25, 0.3) is 11.1 Å². The number of carbonyl (C=O) groups excluding carboxylic acids is 2. The molecule has 3 N–H and O–H groups in total. The fraction of sp³-hybridized carbons (Fsp3) is 0.214. The molecule has 11 nitrogen and oxygen atoms in total. The number of H-pyrrole nitrogens is 1. The Morgan fingerprint density at radius 1 is 1.36 bits per heavy atom. The minimum Gasteiger partial charge on any atom is -0.450 e. The summed E-state index contributed by atoms with van der Waals surface area (Å²) >= 11 is 0. The molecule has 2 aromatic heterocycles. The number of fused-ring (bicyclic) bond motifs is 1. The summed E-state index contributed by atoms with van der Waals surface area (Å²) in [6.07, 6.45) is 0.644. The summed E-state index contributed by atoms with van der Waals surface area (Å²) in [7, 11) is 0. The Hall–Kier alpha value is -3.63. The first-order valence-corrected chi connectivity index (χ1v) is 7.30. The monoisotopic (exact) mass is 346 g/mol. The summed E-state index contributed by atoms with van der Waals surface area (Å²) in [6.45, 7) is 1.74. The fourth-order valence-electron chi connectivity index (χ4n) is 2.05. The second-order valence-corrected chi connectivity index (χ2v) is 4.88. The smallest absolute Gasteiger partial charge is 0.417 e. The summed E-state index contributed by atoms with van der Waals surface area (Å²) in [5.74, 6) is -0.793. The first kappa shape index (κ1) is 16.2. The lowest BCUT2D eigenvalue weighted by atomic mass is 10.3. The summed E-state index contributed by atoms with van der Waals surface area (Å²) in [4.78, 5) is 38.0. The van der Waals surface area contributed by atoms with Gasteiger partial charge in [-0.15, -0.1) is 5.10 Å². The van der Waals surface area contributed by atoms with Crippen molar-refractivity contribution in [1.82, 2.24) is 20.0 Å². The Labute approximate surface area is 140 Å². The van der Waals surface area contributed by atoms with E-state index in [2.05, 4.69) is 25.8 Å². The number of hydrogen-bond acceptors (Lipinski definition) is 7. The van der Waals surface area contributed by atoms with E-state index in [4.69, 9.17) is 9.15 Å². The summed E-state index contributed by atoms with van der Waals surface area (Å²) in [6, 6.07) is 4.76. The molecule has 0 spiro atoms. The normalized spacial score (nSPS) is 10.6. The third kappa shape index (κ3) is 4.02. The van der Waals surface area contributed by atoms with Crippen molar-refractivity contribution in [2.45, 2.75) is 13.5 Å². The van der Waals surface area contributed by atoms with Crippen LogP contribution in [0.4, 0.5) is 16.3 Å². The van der Waals surface area contributed by atoms with Gasteiger partial charge in [-0.2, -0.15) is 9.90 Å². The van der Waals surface area contributed by atoms with E-state index in [9.17, 15) is 14.4 Å². The highest BCUT2D eigenvalue weighted by molar-refractivity contribution is 5.92. The molecule has 130 valence electrons. The van der Waals surface area contributed by atoms with Gasteiger partial charge in [0.15, 0.2) is 11.4 Å². The number of anilines is 2. The zero-order valence-electron chi connectivity index (χ0n) is 13.1. The highest BCUT2D eigenvalue weighted by Crippen LogP contribution is 2.16. The molecule has 0 radical (unpaired) electrons. The van der Waals surface area contributed by atoms with Crippen LogP contribution in [0.3, 0.4) is 0 Å². The topological polar surface area (TPSA) is 144 Å². The number of benzene rings is 1. The van der Waals surface area contributed by atoms with Gasteiger partial charge >= 0.3 is 11.8 Å². The molecular formula is C14H14N6O5. The van der Waals surface area contributed by atoms with Crippen LogP contribution >= 0.6 is 0 Å². The first-order valence-electron chi connectivity index (χ1n) is 7.30. The van der Waals surface area contributed by atoms with Crippen molar-refractivity contribution in [1.29, 1.82) is 0 Å². The number of hydrogen-bond donors (Lipinski definition) is 3. The second kappa shape index (κ2) is 6.86. The van der Waals surface area contributed by atoms with Crippen molar-refractivity contribution in [3.05, 3.63) is 34.9 Å². The van der Waals surface area contributed by atoms with E-state index in [1.807, 2.05) is 0 Å². The van der Waals surface area contributed by atoms with Gasteiger partial charge in [0.2, 0.25) is 5.91 Å². The predicted molar refractivity (Wildman–Crippen MR) is 86.1 cm³/mol. The molecule has 0 unspecified atom stereocenters. The number of nitrogens with one attached hydrogen (secondary N) is 3. The van der Waals surface area contributed by atoms with E-state index in [0.717, 1.165) is 4.80 Å². The molecule has 3 rings (SSSR count). The van der Waals surface area contributed by atoms with Gasteiger partial charge in [-0.05, 0) is 19.1 Å². The molecule has 0 bridgehead atoms. The van der Waals surface area contributed by atoms with E-state index in [0.29, 0.717) is 16.8 Å². The van der Waals surface area contributed by atoms with Crippen LogP contribution in [0, 0.1) is 0 Å². The average Bonchev–Trinajstić information content (AvgIpc) is 3.12. The Bertz CT molecular complexity index is 971. The average molecular weight is 346 g/mol. The predicted octanol–water partition coefficient (Wildman–Crippen LogP) is 0.920. The molecule has 0 aliphatic carbocycles. The molecule has 1 aromatic carbocycles. The van der Waals surface area contributed by atoms with Crippen LogP contribution in [0.1, 0.15) is 6.92 Å². The Balaban J connectivity index is 1.60. The van der Waals surface area contributed by atoms with Crippen LogP contribution in [-0.4, -0.2) is 38.6 Å². The Morgan fingerprint density at radius 3 is 3.00 bits per heavy atom. The molecule has 11 heteroatoms. The zero-order valence-corrected chi connectivity index (χ0v) is 13.1. The third-order valence-electron chi connectivity index (χ3n) is 3.03. The van der Waals surface area contributed by atoms with Gasteiger partial charge < -0.3 is 14.5 Å². The first-order chi connectivity index (χ1) is 12.0. The number of ether oxygens (including phenoxy) is 1. The maximum Gasteiger partial charge on any atom is 0.417 e. The molecular weight excluding hydrogens is 332 g/mol. The summed E-state index contributed by atoms with van der Waals surface area (Å²) in [5.41, 5.74) is 1.32. The van der Waals surface area contributed by atoms with E-state index in [1.165, 1.54) is 12.3 Å². The van der Waals surface area contributed by atoms with E-state index < -0.39 is 17.8 Å². The lowest BCUT2D eigenvalue weighted by molar-refractivity contribution is -0.117. The van der Waals surface area contributed by atoms with Crippen LogP contribution in [0.5, 0.6) is 0 Å². The lowest BCUT2D eigenvalue weighted by Crippen LogP contribution is -2.20. The van der Waals surface area contributed by atoms with Gasteiger partial charge in [0, 0.05) is 11.8 Å². The van der Waals surface area contributed by atoms with Crippen molar-refractivity contribution in [2.75, 3.05) is 17.2 Å². The largest absolute Gasteiger partial charge is 0.450 e. The molecule has 0 fully saturated rings.